The summed E-state index contributed by atoms with van der Waals surface area (Å²) in [5.74, 6) is 0.730. The van der Waals surface area contributed by atoms with Gasteiger partial charge in [0.1, 0.15) is 11.4 Å². The number of carbonyl (C=O) groups excluding carboxylic acids is 2. The quantitative estimate of drug-likeness (QED) is 0.151. The van der Waals surface area contributed by atoms with Gasteiger partial charge in [-0.1, -0.05) is 50.1 Å². The van der Waals surface area contributed by atoms with Crippen molar-refractivity contribution in [1.29, 1.82) is 0 Å². The fraction of sp³-hybridized carbons (Fsp3) is 0.529. The van der Waals surface area contributed by atoms with Gasteiger partial charge in [-0.05, 0) is 87.4 Å². The van der Waals surface area contributed by atoms with E-state index in [1.54, 1.807) is 6.92 Å². The van der Waals surface area contributed by atoms with E-state index in [4.69, 9.17) is 21.1 Å². The number of halogens is 1. The smallest absolute Gasteiger partial charge is 0.310 e. The van der Waals surface area contributed by atoms with Gasteiger partial charge in [0.25, 0.3) is 0 Å². The summed E-state index contributed by atoms with van der Waals surface area (Å²) in [6.07, 6.45) is 7.94. The standard InChI is InChI=1S/C30H40ClNO3.C4H8O2/c1-6-8-9-10-16-32-20-24(26-14-13-25(31)19-23(26)11-7-2)21-34-28-15-12-22(17-27(28)32)18-29(33)35-30(3,4)5;1-3-4(5)6-2/h6,12-15,17,19,24H,1,7-11,16,18,20-21H2,2-5H3;3H2,1-2H3. The van der Waals surface area contributed by atoms with E-state index in [-0.39, 0.29) is 24.3 Å². The van der Waals surface area contributed by atoms with Crippen molar-refractivity contribution in [1.82, 2.24) is 0 Å². The van der Waals surface area contributed by atoms with Gasteiger partial charge in [0.05, 0.1) is 25.8 Å². The molecule has 0 spiro atoms. The molecule has 0 aliphatic carbocycles. The zero-order valence-corrected chi connectivity index (χ0v) is 26.5. The molecule has 226 valence electrons. The molecule has 0 saturated carbocycles. The van der Waals surface area contributed by atoms with Gasteiger partial charge in [0, 0.05) is 30.5 Å². The number of hydrogen-bond donors (Lipinski definition) is 0. The van der Waals surface area contributed by atoms with E-state index in [0.717, 1.165) is 67.2 Å². The lowest BCUT2D eigenvalue weighted by Gasteiger charge is -2.28. The maximum absolute atomic E-state index is 12.5. The highest BCUT2D eigenvalue weighted by atomic mass is 35.5. The van der Waals surface area contributed by atoms with Crippen LogP contribution in [0.5, 0.6) is 5.75 Å². The van der Waals surface area contributed by atoms with Gasteiger partial charge < -0.3 is 19.1 Å². The molecule has 0 bridgehead atoms. The second-order valence-electron chi connectivity index (χ2n) is 11.3. The molecule has 0 amide bonds. The first-order chi connectivity index (χ1) is 19.5. The Balaban J connectivity index is 0.000000883. The molecule has 1 aliphatic heterocycles. The van der Waals surface area contributed by atoms with Crippen molar-refractivity contribution in [2.75, 3.05) is 31.7 Å². The summed E-state index contributed by atoms with van der Waals surface area (Å²) in [7, 11) is 1.38. The summed E-state index contributed by atoms with van der Waals surface area (Å²) < 4.78 is 16.2. The number of nitrogens with zero attached hydrogens (tertiary/aromatic N) is 1. The maximum atomic E-state index is 12.5. The van der Waals surface area contributed by atoms with Crippen LogP contribution in [-0.2, 0) is 31.9 Å². The first-order valence-corrected chi connectivity index (χ1v) is 15.1. The number of anilines is 1. The zero-order valence-electron chi connectivity index (χ0n) is 25.8. The number of esters is 2. The first kappa shape index (κ1) is 34.2. The van der Waals surface area contributed by atoms with Gasteiger partial charge in [0.2, 0.25) is 0 Å². The lowest BCUT2D eigenvalue weighted by molar-refractivity contribution is -0.154. The number of allylic oxidation sites excluding steroid dienone is 1. The molecule has 6 nitrogen and oxygen atoms in total. The Morgan fingerprint density at radius 3 is 2.49 bits per heavy atom. The van der Waals surface area contributed by atoms with Crippen LogP contribution in [0.1, 0.15) is 89.3 Å². The predicted octanol–water partition coefficient (Wildman–Crippen LogP) is 8.09. The van der Waals surface area contributed by atoms with E-state index in [9.17, 15) is 9.59 Å². The lowest BCUT2D eigenvalue weighted by atomic mass is 9.92. The van der Waals surface area contributed by atoms with Crippen LogP contribution in [0.25, 0.3) is 0 Å². The Hall–Kier alpha value is -2.99. The average molecular weight is 586 g/mol. The van der Waals surface area contributed by atoms with Gasteiger partial charge in [-0.3, -0.25) is 9.59 Å². The third kappa shape index (κ3) is 11.8. The largest absolute Gasteiger partial charge is 0.491 e. The SMILES string of the molecule is C=CCCCCN1CC(c2ccc(Cl)cc2CCC)COc2ccc(CC(=O)OC(C)(C)C)cc21.CCC(=O)OC. The Morgan fingerprint density at radius 2 is 1.88 bits per heavy atom. The van der Waals surface area contributed by atoms with E-state index < -0.39 is 5.60 Å². The number of carbonyl (C=O) groups is 2. The highest BCUT2D eigenvalue weighted by Crippen LogP contribution is 2.37. The fourth-order valence-corrected chi connectivity index (χ4v) is 4.98. The van der Waals surface area contributed by atoms with Crippen LogP contribution in [0.3, 0.4) is 0 Å². The monoisotopic (exact) mass is 585 g/mol. The summed E-state index contributed by atoms with van der Waals surface area (Å²) in [6.45, 7) is 15.9. The molecule has 0 N–H and O–H groups in total. The number of ether oxygens (including phenoxy) is 3. The summed E-state index contributed by atoms with van der Waals surface area (Å²) in [4.78, 5) is 24.9. The van der Waals surface area contributed by atoms with Gasteiger partial charge in [-0.2, -0.15) is 0 Å². The van der Waals surface area contributed by atoms with E-state index in [0.29, 0.717) is 13.0 Å². The third-order valence-electron chi connectivity index (χ3n) is 6.68. The number of benzene rings is 2. The average Bonchev–Trinajstić information content (AvgIpc) is 3.09. The van der Waals surface area contributed by atoms with Crippen LogP contribution in [0.2, 0.25) is 5.02 Å². The van der Waals surface area contributed by atoms with E-state index in [1.165, 1.54) is 18.2 Å². The second-order valence-corrected chi connectivity index (χ2v) is 11.8. The number of hydrogen-bond acceptors (Lipinski definition) is 6. The topological polar surface area (TPSA) is 65.1 Å². The number of methoxy groups -OCH3 is 1. The van der Waals surface area contributed by atoms with Crippen LogP contribution in [0.4, 0.5) is 5.69 Å². The molecule has 0 radical (unpaired) electrons. The van der Waals surface area contributed by atoms with Crippen LogP contribution < -0.4 is 9.64 Å². The van der Waals surface area contributed by atoms with Crippen molar-refractivity contribution >= 4 is 29.2 Å². The van der Waals surface area contributed by atoms with Crippen LogP contribution >= 0.6 is 11.6 Å². The third-order valence-corrected chi connectivity index (χ3v) is 6.92. The molecule has 1 unspecified atom stereocenters. The summed E-state index contributed by atoms with van der Waals surface area (Å²) >= 11 is 6.34. The van der Waals surface area contributed by atoms with Crippen molar-refractivity contribution in [3.8, 4) is 5.75 Å². The van der Waals surface area contributed by atoms with Gasteiger partial charge >= 0.3 is 11.9 Å². The Kier molecular flexibility index (Phi) is 14.3. The Labute approximate surface area is 252 Å². The van der Waals surface area contributed by atoms with Crippen molar-refractivity contribution < 1.29 is 23.8 Å². The van der Waals surface area contributed by atoms with E-state index >= 15 is 0 Å². The van der Waals surface area contributed by atoms with Gasteiger partial charge in [-0.25, -0.2) is 0 Å². The molecule has 3 rings (SSSR count). The second kappa shape index (κ2) is 17.1. The molecule has 0 saturated heterocycles. The minimum absolute atomic E-state index is 0.157. The van der Waals surface area contributed by atoms with Crippen molar-refractivity contribution in [3.63, 3.8) is 0 Å². The van der Waals surface area contributed by atoms with Crippen molar-refractivity contribution in [3.05, 3.63) is 70.8 Å². The number of aryl methyl sites for hydroxylation is 1. The van der Waals surface area contributed by atoms with Crippen molar-refractivity contribution in [2.45, 2.75) is 91.1 Å². The highest BCUT2D eigenvalue weighted by molar-refractivity contribution is 6.30. The normalized spacial score (nSPS) is 14.5. The summed E-state index contributed by atoms with van der Waals surface area (Å²) in [5.41, 5.74) is 4.11. The summed E-state index contributed by atoms with van der Waals surface area (Å²) in [5, 5.41) is 0.781. The van der Waals surface area contributed by atoms with Crippen LogP contribution in [0, 0.1) is 0 Å². The summed E-state index contributed by atoms with van der Waals surface area (Å²) in [6, 6.07) is 12.3. The molecule has 1 heterocycles. The zero-order chi connectivity index (χ0) is 30.4. The number of fused-ring (bicyclic) bond motifs is 1. The molecule has 2 aromatic carbocycles. The van der Waals surface area contributed by atoms with E-state index in [2.05, 4.69) is 41.3 Å². The van der Waals surface area contributed by atoms with Gasteiger partial charge in [-0.15, -0.1) is 6.58 Å². The molecule has 7 heteroatoms. The molecular formula is C34H48ClNO5. The number of rotatable bonds is 11. The van der Waals surface area contributed by atoms with E-state index in [1.807, 2.05) is 45.0 Å². The molecular weight excluding hydrogens is 538 g/mol. The molecule has 0 aromatic heterocycles. The minimum atomic E-state index is -0.495. The fourth-order valence-electron chi connectivity index (χ4n) is 4.79. The molecule has 0 fully saturated rings. The minimum Gasteiger partial charge on any atom is -0.491 e. The first-order valence-electron chi connectivity index (χ1n) is 14.7. The van der Waals surface area contributed by atoms with Gasteiger partial charge in [0.15, 0.2) is 0 Å². The van der Waals surface area contributed by atoms with Crippen LogP contribution in [0.15, 0.2) is 49.1 Å². The Morgan fingerprint density at radius 1 is 1.12 bits per heavy atom. The van der Waals surface area contributed by atoms with Crippen molar-refractivity contribution in [2.24, 2.45) is 0 Å². The predicted molar refractivity (Wildman–Crippen MR) is 168 cm³/mol. The maximum Gasteiger partial charge on any atom is 0.310 e. The highest BCUT2D eigenvalue weighted by Gasteiger charge is 2.26. The molecule has 1 atom stereocenters. The lowest BCUT2D eigenvalue weighted by Crippen LogP contribution is -2.30. The van der Waals surface area contributed by atoms with Crippen LogP contribution in [-0.4, -0.2) is 44.3 Å². The Bertz CT molecular complexity index is 1130. The molecule has 1 aliphatic rings. The number of unbranched alkanes of at least 4 members (excludes halogenated alkanes) is 2. The molecule has 41 heavy (non-hydrogen) atoms. The molecule has 2 aromatic rings.